The summed E-state index contributed by atoms with van der Waals surface area (Å²) in [6.07, 6.45) is 7.75. The number of piperidine rings is 1. The Morgan fingerprint density at radius 2 is 1.53 bits per heavy atom. The highest BCUT2D eigenvalue weighted by Gasteiger charge is 2.26. The molecule has 0 radical (unpaired) electrons. The van der Waals surface area contributed by atoms with Crippen molar-refractivity contribution >= 4 is 26.0 Å². The van der Waals surface area contributed by atoms with Gasteiger partial charge in [-0.1, -0.05) is 37.8 Å². The molecule has 2 aromatic carbocycles. The molecule has 2 fully saturated rings. The van der Waals surface area contributed by atoms with Crippen molar-refractivity contribution in [2.45, 2.75) is 80.7 Å². The zero-order chi connectivity index (χ0) is 27.2. The van der Waals surface area contributed by atoms with Gasteiger partial charge in [0.15, 0.2) is 6.61 Å². The maximum atomic E-state index is 12.8. The number of nitrogens with one attached hydrogen (secondary N) is 2. The van der Waals surface area contributed by atoms with Gasteiger partial charge in [-0.15, -0.1) is 0 Å². The molecule has 38 heavy (non-hydrogen) atoms. The Bertz CT molecular complexity index is 1320. The second-order valence-electron chi connectivity index (χ2n) is 10.1. The number of benzene rings is 2. The minimum absolute atomic E-state index is 0.0241. The van der Waals surface area contributed by atoms with Gasteiger partial charge in [0.05, 0.1) is 9.79 Å². The van der Waals surface area contributed by atoms with E-state index in [1.165, 1.54) is 10.4 Å². The molecule has 0 spiro atoms. The number of nitrogens with zero attached hydrogens (tertiary/aromatic N) is 1. The maximum Gasteiger partial charge on any atom is 0.258 e. The van der Waals surface area contributed by atoms with Gasteiger partial charge in [-0.25, -0.2) is 21.6 Å². The van der Waals surface area contributed by atoms with Crippen LogP contribution in [0.1, 0.15) is 62.5 Å². The number of sulfonamides is 2. The van der Waals surface area contributed by atoms with E-state index in [1.807, 2.05) is 0 Å². The molecule has 2 N–H and O–H groups in total. The molecule has 0 unspecified atom stereocenters. The molecule has 208 valence electrons. The second kappa shape index (κ2) is 12.6. The summed E-state index contributed by atoms with van der Waals surface area (Å²) in [5.41, 5.74) is 1.39. The topological polar surface area (TPSA) is 122 Å². The van der Waals surface area contributed by atoms with Crippen LogP contribution in [0.2, 0.25) is 0 Å². The minimum atomic E-state index is -3.61. The van der Waals surface area contributed by atoms with Crippen molar-refractivity contribution < 1.29 is 26.4 Å². The van der Waals surface area contributed by atoms with Crippen LogP contribution < -0.4 is 14.8 Å². The zero-order valence-corrected chi connectivity index (χ0v) is 23.5. The van der Waals surface area contributed by atoms with Crippen LogP contribution >= 0.6 is 0 Å². The van der Waals surface area contributed by atoms with Crippen molar-refractivity contribution in [3.05, 3.63) is 53.6 Å². The van der Waals surface area contributed by atoms with E-state index in [0.29, 0.717) is 24.4 Å². The number of hydrogen-bond acceptors (Lipinski definition) is 6. The van der Waals surface area contributed by atoms with Crippen LogP contribution in [0.25, 0.3) is 0 Å². The molecule has 1 aliphatic carbocycles. The van der Waals surface area contributed by atoms with Crippen LogP contribution in [0.3, 0.4) is 0 Å². The highest BCUT2D eigenvalue weighted by molar-refractivity contribution is 7.89. The Kier molecular flexibility index (Phi) is 9.45. The van der Waals surface area contributed by atoms with E-state index in [2.05, 4.69) is 10.0 Å². The first-order chi connectivity index (χ1) is 18.1. The Hall–Kier alpha value is -2.47. The van der Waals surface area contributed by atoms with E-state index < -0.39 is 20.0 Å². The molecule has 0 bridgehead atoms. The maximum absolute atomic E-state index is 12.8. The van der Waals surface area contributed by atoms with E-state index in [0.717, 1.165) is 56.9 Å². The third kappa shape index (κ3) is 7.34. The van der Waals surface area contributed by atoms with Crippen molar-refractivity contribution in [2.75, 3.05) is 19.7 Å². The molecule has 11 heteroatoms. The second-order valence-corrected chi connectivity index (χ2v) is 13.7. The number of hydrogen-bond donors (Lipinski definition) is 2. The average Bonchev–Trinajstić information content (AvgIpc) is 2.92. The summed E-state index contributed by atoms with van der Waals surface area (Å²) < 4.78 is 61.0. The lowest BCUT2D eigenvalue weighted by Gasteiger charge is -2.25. The van der Waals surface area contributed by atoms with Gasteiger partial charge in [0, 0.05) is 25.7 Å². The Morgan fingerprint density at radius 1 is 0.895 bits per heavy atom. The molecular weight excluding hydrogens is 526 g/mol. The van der Waals surface area contributed by atoms with Crippen LogP contribution in [0, 0.1) is 6.92 Å². The lowest BCUT2D eigenvalue weighted by molar-refractivity contribution is -0.123. The van der Waals surface area contributed by atoms with Crippen LogP contribution in [-0.4, -0.2) is 52.8 Å². The molecule has 0 aromatic heterocycles. The third-order valence-corrected chi connectivity index (χ3v) is 10.5. The summed E-state index contributed by atoms with van der Waals surface area (Å²) in [5.74, 6) is 0.0918. The van der Waals surface area contributed by atoms with E-state index in [9.17, 15) is 21.6 Å². The molecular formula is C27H37N3O6S2. The van der Waals surface area contributed by atoms with Gasteiger partial charge in [0.25, 0.3) is 5.91 Å². The number of amides is 1. The van der Waals surface area contributed by atoms with E-state index in [1.54, 1.807) is 43.3 Å². The lowest BCUT2D eigenvalue weighted by Crippen LogP contribution is -2.36. The first kappa shape index (κ1) is 28.5. The SMILES string of the molecule is Cc1cc(S(=O)(=O)NC2CCCCC2)ccc1OCC(=O)NCc1ccc(S(=O)(=O)N2CCCCC2)cc1. The number of carbonyl (C=O) groups is 1. The Labute approximate surface area is 226 Å². The largest absolute Gasteiger partial charge is 0.484 e. The van der Waals surface area contributed by atoms with Crippen molar-refractivity contribution in [1.82, 2.24) is 14.3 Å². The summed E-state index contributed by atoms with van der Waals surface area (Å²) in [7, 11) is -7.10. The average molecular weight is 564 g/mol. The van der Waals surface area contributed by atoms with E-state index >= 15 is 0 Å². The first-order valence-corrected chi connectivity index (χ1v) is 16.2. The van der Waals surface area contributed by atoms with Gasteiger partial charge in [-0.2, -0.15) is 4.31 Å². The molecule has 1 aliphatic heterocycles. The van der Waals surface area contributed by atoms with Crippen LogP contribution in [0.5, 0.6) is 5.75 Å². The molecule has 1 saturated heterocycles. The van der Waals surface area contributed by atoms with Gasteiger partial charge in [0.1, 0.15) is 5.75 Å². The molecule has 1 saturated carbocycles. The molecule has 9 nitrogen and oxygen atoms in total. The molecule has 2 aliphatic rings. The molecule has 4 rings (SSSR count). The fraction of sp³-hybridized carbons (Fsp3) is 0.519. The van der Waals surface area contributed by atoms with Crippen LogP contribution in [0.15, 0.2) is 52.3 Å². The smallest absolute Gasteiger partial charge is 0.258 e. The first-order valence-electron chi connectivity index (χ1n) is 13.3. The molecule has 2 aromatic rings. The Balaban J connectivity index is 1.26. The summed E-state index contributed by atoms with van der Waals surface area (Å²) in [6, 6.07) is 11.1. The molecule has 1 amide bonds. The van der Waals surface area contributed by atoms with Crippen LogP contribution in [-0.2, 0) is 31.4 Å². The monoisotopic (exact) mass is 563 g/mol. The highest BCUT2D eigenvalue weighted by atomic mass is 32.2. The summed E-state index contributed by atoms with van der Waals surface area (Å²) in [4.78, 5) is 12.8. The van der Waals surface area contributed by atoms with Crippen molar-refractivity contribution in [3.63, 3.8) is 0 Å². The minimum Gasteiger partial charge on any atom is -0.484 e. The fourth-order valence-corrected chi connectivity index (χ4v) is 7.79. The van der Waals surface area contributed by atoms with Gasteiger partial charge in [-0.05, 0) is 74.1 Å². The summed E-state index contributed by atoms with van der Waals surface area (Å²) >= 11 is 0. The number of rotatable bonds is 10. The van der Waals surface area contributed by atoms with E-state index in [4.69, 9.17) is 4.74 Å². The van der Waals surface area contributed by atoms with E-state index in [-0.39, 0.29) is 34.9 Å². The van der Waals surface area contributed by atoms with Gasteiger partial charge < -0.3 is 10.1 Å². The van der Waals surface area contributed by atoms with Crippen molar-refractivity contribution in [3.8, 4) is 5.75 Å². The molecule has 1 heterocycles. The highest BCUT2D eigenvalue weighted by Crippen LogP contribution is 2.24. The van der Waals surface area contributed by atoms with Gasteiger partial charge >= 0.3 is 0 Å². The fourth-order valence-electron chi connectivity index (χ4n) is 4.89. The molecule has 0 atom stereocenters. The van der Waals surface area contributed by atoms with Crippen molar-refractivity contribution in [2.24, 2.45) is 0 Å². The lowest BCUT2D eigenvalue weighted by atomic mass is 9.96. The standard InChI is InChI=1S/C27H37N3O6S2/c1-21-18-25(37(32,33)29-23-8-4-2-5-9-23)14-15-26(21)36-20-27(31)28-19-22-10-12-24(13-11-22)38(34,35)30-16-6-3-7-17-30/h10-15,18,23,29H,2-9,16-17,19-20H2,1H3,(H,28,31). The summed E-state index contributed by atoms with van der Waals surface area (Å²) in [6.45, 7) is 2.85. The summed E-state index contributed by atoms with van der Waals surface area (Å²) in [5, 5.41) is 2.76. The quantitative estimate of drug-likeness (QED) is 0.457. The van der Waals surface area contributed by atoms with Crippen molar-refractivity contribution in [1.29, 1.82) is 0 Å². The normalized spacial score (nSPS) is 17.7. The number of carbonyl (C=O) groups excluding carboxylic acids is 1. The third-order valence-electron chi connectivity index (χ3n) is 7.11. The van der Waals surface area contributed by atoms with Crippen LogP contribution in [0.4, 0.5) is 0 Å². The zero-order valence-electron chi connectivity index (χ0n) is 21.8. The Morgan fingerprint density at radius 3 is 2.18 bits per heavy atom. The number of ether oxygens (including phenoxy) is 1. The van der Waals surface area contributed by atoms with Gasteiger partial charge in [0.2, 0.25) is 20.0 Å². The predicted octanol–water partition coefficient (Wildman–Crippen LogP) is 3.48. The predicted molar refractivity (Wildman–Crippen MR) is 145 cm³/mol. The van der Waals surface area contributed by atoms with Gasteiger partial charge in [-0.3, -0.25) is 4.79 Å². The number of aryl methyl sites for hydroxylation is 1.